The Kier molecular flexibility index (Phi) is 2.17. The highest BCUT2D eigenvalue weighted by Crippen LogP contribution is 2.14. The number of anilines is 1. The van der Waals surface area contributed by atoms with Crippen LogP contribution in [-0.2, 0) is 6.67 Å². The molecule has 5 nitrogen and oxygen atoms in total. The van der Waals surface area contributed by atoms with Gasteiger partial charge in [-0.25, -0.2) is 4.68 Å². The van der Waals surface area contributed by atoms with Gasteiger partial charge in [-0.2, -0.15) is 10.2 Å². The molecule has 2 heterocycles. The highest BCUT2D eigenvalue weighted by molar-refractivity contribution is 6.32. The van der Waals surface area contributed by atoms with Crippen LogP contribution in [-0.4, -0.2) is 19.6 Å². The fourth-order valence-electron chi connectivity index (χ4n) is 1.18. The topological polar surface area (TPSA) is 61.7 Å². The zero-order chi connectivity index (χ0) is 10.1. The maximum absolute atomic E-state index is 5.76. The summed E-state index contributed by atoms with van der Waals surface area (Å²) in [7, 11) is 0. The molecule has 2 N–H and O–H groups in total. The molecule has 0 amide bonds. The molecule has 0 atom stereocenters. The molecule has 14 heavy (non-hydrogen) atoms. The summed E-state index contributed by atoms with van der Waals surface area (Å²) in [5.41, 5.74) is 6.61. The van der Waals surface area contributed by atoms with E-state index in [2.05, 4.69) is 10.2 Å². The second-order valence-electron chi connectivity index (χ2n) is 3.10. The summed E-state index contributed by atoms with van der Waals surface area (Å²) in [6.45, 7) is 2.50. The molecular formula is C8H10ClN5. The Morgan fingerprint density at radius 3 is 2.71 bits per heavy atom. The maximum Gasteiger partial charge on any atom is 0.164 e. The van der Waals surface area contributed by atoms with Gasteiger partial charge in [0.1, 0.15) is 11.7 Å². The molecule has 2 aromatic heterocycles. The Hall–Kier alpha value is -1.49. The average molecular weight is 212 g/mol. The molecule has 0 saturated carbocycles. The van der Waals surface area contributed by atoms with Crippen molar-refractivity contribution in [2.45, 2.75) is 13.6 Å². The summed E-state index contributed by atoms with van der Waals surface area (Å²) in [6.07, 6.45) is 5.38. The van der Waals surface area contributed by atoms with Gasteiger partial charge in [-0.15, -0.1) is 0 Å². The standard InChI is InChI=1S/C8H10ClN5/c1-6-2-11-13(3-6)5-14-4-7(9)8(10)12-14/h2-4H,5H2,1H3,(H2,10,12). The molecule has 0 radical (unpaired) electrons. The van der Waals surface area contributed by atoms with Gasteiger partial charge in [0.2, 0.25) is 0 Å². The third-order valence-corrected chi connectivity index (χ3v) is 2.09. The number of nitrogens with two attached hydrogens (primary N) is 1. The molecule has 0 saturated heterocycles. The Morgan fingerprint density at radius 2 is 2.21 bits per heavy atom. The smallest absolute Gasteiger partial charge is 0.164 e. The zero-order valence-electron chi connectivity index (χ0n) is 7.68. The molecule has 0 aromatic carbocycles. The second-order valence-corrected chi connectivity index (χ2v) is 3.51. The quantitative estimate of drug-likeness (QED) is 0.810. The van der Waals surface area contributed by atoms with Crippen LogP contribution in [0.3, 0.4) is 0 Å². The van der Waals surface area contributed by atoms with Crippen molar-refractivity contribution in [3.05, 3.63) is 29.2 Å². The van der Waals surface area contributed by atoms with Gasteiger partial charge in [-0.1, -0.05) is 11.6 Å². The van der Waals surface area contributed by atoms with E-state index in [0.717, 1.165) is 5.56 Å². The highest BCUT2D eigenvalue weighted by Gasteiger charge is 2.02. The Labute approximate surface area is 86.1 Å². The zero-order valence-corrected chi connectivity index (χ0v) is 8.44. The summed E-state index contributed by atoms with van der Waals surface area (Å²) in [5.74, 6) is 0.343. The fourth-order valence-corrected chi connectivity index (χ4v) is 1.33. The van der Waals surface area contributed by atoms with Crippen LogP contribution in [0.4, 0.5) is 5.82 Å². The van der Waals surface area contributed by atoms with Crippen LogP contribution in [0.5, 0.6) is 0 Å². The fraction of sp³-hybridized carbons (Fsp3) is 0.250. The number of halogens is 1. The number of nitrogens with zero attached hydrogens (tertiary/aromatic N) is 4. The van der Waals surface area contributed by atoms with Crippen molar-refractivity contribution >= 4 is 17.4 Å². The number of hydrogen-bond acceptors (Lipinski definition) is 3. The highest BCUT2D eigenvalue weighted by atomic mass is 35.5. The van der Waals surface area contributed by atoms with Crippen molar-refractivity contribution in [2.24, 2.45) is 0 Å². The predicted molar refractivity (Wildman–Crippen MR) is 54.0 cm³/mol. The largest absolute Gasteiger partial charge is 0.381 e. The molecule has 0 spiro atoms. The van der Waals surface area contributed by atoms with E-state index in [0.29, 0.717) is 17.5 Å². The minimum Gasteiger partial charge on any atom is -0.381 e. The van der Waals surface area contributed by atoms with Gasteiger partial charge < -0.3 is 5.73 Å². The molecule has 0 aliphatic carbocycles. The maximum atomic E-state index is 5.76. The summed E-state index contributed by atoms with van der Waals surface area (Å²) >= 11 is 5.76. The Bertz CT molecular complexity index is 425. The number of rotatable bonds is 2. The van der Waals surface area contributed by atoms with Crippen molar-refractivity contribution < 1.29 is 0 Å². The lowest BCUT2D eigenvalue weighted by Crippen LogP contribution is -2.09. The van der Waals surface area contributed by atoms with Crippen LogP contribution >= 0.6 is 11.6 Å². The predicted octanol–water partition coefficient (Wildman–Crippen LogP) is 1.13. The summed E-state index contributed by atoms with van der Waals surface area (Å²) in [5, 5.41) is 8.60. The van der Waals surface area contributed by atoms with E-state index >= 15 is 0 Å². The van der Waals surface area contributed by atoms with Crippen molar-refractivity contribution in [1.29, 1.82) is 0 Å². The SMILES string of the molecule is Cc1cnn(Cn2cc(Cl)c(N)n2)c1. The number of hydrogen-bond donors (Lipinski definition) is 1. The number of nitrogen functional groups attached to an aromatic ring is 1. The molecule has 2 rings (SSSR count). The summed E-state index contributed by atoms with van der Waals surface area (Å²) in [4.78, 5) is 0. The molecule has 2 aromatic rings. The van der Waals surface area contributed by atoms with Gasteiger partial charge in [0.15, 0.2) is 5.82 Å². The van der Waals surface area contributed by atoms with Gasteiger partial charge in [0, 0.05) is 12.4 Å². The Balaban J connectivity index is 2.18. The lowest BCUT2D eigenvalue weighted by atomic mass is 10.4. The van der Waals surface area contributed by atoms with Crippen molar-refractivity contribution in [2.75, 3.05) is 5.73 Å². The van der Waals surface area contributed by atoms with E-state index < -0.39 is 0 Å². The third kappa shape index (κ3) is 1.72. The minimum atomic E-state index is 0.343. The van der Waals surface area contributed by atoms with Crippen LogP contribution in [0.1, 0.15) is 5.56 Å². The van der Waals surface area contributed by atoms with Gasteiger partial charge in [-0.05, 0) is 12.5 Å². The van der Waals surface area contributed by atoms with Crippen molar-refractivity contribution in [3.63, 3.8) is 0 Å². The normalized spacial score (nSPS) is 10.7. The molecule has 0 fully saturated rings. The van der Waals surface area contributed by atoms with E-state index in [1.54, 1.807) is 21.8 Å². The number of aryl methyl sites for hydroxylation is 1. The van der Waals surface area contributed by atoms with Gasteiger partial charge in [0.25, 0.3) is 0 Å². The molecular weight excluding hydrogens is 202 g/mol. The van der Waals surface area contributed by atoms with Crippen molar-refractivity contribution in [1.82, 2.24) is 19.6 Å². The molecule has 0 unspecified atom stereocenters. The monoisotopic (exact) mass is 211 g/mol. The van der Waals surface area contributed by atoms with E-state index in [1.165, 1.54) is 0 Å². The number of aromatic nitrogens is 4. The van der Waals surface area contributed by atoms with E-state index in [9.17, 15) is 0 Å². The lowest BCUT2D eigenvalue weighted by Gasteiger charge is -1.99. The Morgan fingerprint density at radius 1 is 1.43 bits per heavy atom. The van der Waals surface area contributed by atoms with Gasteiger partial charge in [-0.3, -0.25) is 4.68 Å². The molecule has 0 aliphatic rings. The lowest BCUT2D eigenvalue weighted by molar-refractivity contribution is 0.504. The first-order valence-electron chi connectivity index (χ1n) is 4.12. The van der Waals surface area contributed by atoms with E-state index in [1.807, 2.05) is 13.1 Å². The van der Waals surface area contributed by atoms with Crippen LogP contribution in [0, 0.1) is 6.92 Å². The first-order chi connectivity index (χ1) is 6.65. The minimum absolute atomic E-state index is 0.343. The van der Waals surface area contributed by atoms with Crippen LogP contribution in [0.25, 0.3) is 0 Å². The third-order valence-electron chi connectivity index (χ3n) is 1.80. The molecule has 0 bridgehead atoms. The first kappa shape index (κ1) is 9.08. The van der Waals surface area contributed by atoms with Gasteiger partial charge in [0.05, 0.1) is 6.20 Å². The first-order valence-corrected chi connectivity index (χ1v) is 4.50. The van der Waals surface area contributed by atoms with Crippen LogP contribution < -0.4 is 5.73 Å². The van der Waals surface area contributed by atoms with Crippen molar-refractivity contribution in [3.8, 4) is 0 Å². The van der Waals surface area contributed by atoms with Crippen LogP contribution in [0.15, 0.2) is 18.6 Å². The summed E-state index contributed by atoms with van der Waals surface area (Å²) in [6, 6.07) is 0. The molecule has 6 heteroatoms. The second kappa shape index (κ2) is 3.34. The van der Waals surface area contributed by atoms with Gasteiger partial charge >= 0.3 is 0 Å². The van der Waals surface area contributed by atoms with E-state index in [-0.39, 0.29) is 0 Å². The van der Waals surface area contributed by atoms with Crippen LogP contribution in [0.2, 0.25) is 5.02 Å². The average Bonchev–Trinajstić information content (AvgIpc) is 2.62. The summed E-state index contributed by atoms with van der Waals surface area (Å²) < 4.78 is 3.40. The molecule has 0 aliphatic heterocycles. The molecule has 74 valence electrons. The van der Waals surface area contributed by atoms with E-state index in [4.69, 9.17) is 17.3 Å².